The van der Waals surface area contributed by atoms with Crippen LogP contribution in [0.1, 0.15) is 28.4 Å². The van der Waals surface area contributed by atoms with E-state index in [1.165, 1.54) is 0 Å². The van der Waals surface area contributed by atoms with Gasteiger partial charge in [0.1, 0.15) is 11.8 Å². The Bertz CT molecular complexity index is 511. The Hall–Kier alpha value is -2.20. The van der Waals surface area contributed by atoms with Gasteiger partial charge in [-0.2, -0.15) is 14.0 Å². The summed E-state index contributed by atoms with van der Waals surface area (Å²) in [5, 5.41) is 18.1. The molecule has 1 aromatic rings. The van der Waals surface area contributed by atoms with Crippen LogP contribution in [0.3, 0.4) is 0 Å². The second-order valence-corrected chi connectivity index (χ2v) is 3.37. The van der Waals surface area contributed by atoms with Crippen LogP contribution in [0.15, 0.2) is 12.1 Å². The molecule has 0 aliphatic carbocycles. The number of nitrogens with zero attached hydrogens (tertiary/aromatic N) is 1. The van der Waals surface area contributed by atoms with Gasteiger partial charge in [-0.05, 0) is 24.6 Å². The number of esters is 1. The minimum atomic E-state index is -3.07. The molecular formula is C12H11F2NO4. The van der Waals surface area contributed by atoms with E-state index in [0.29, 0.717) is 0 Å². The van der Waals surface area contributed by atoms with Gasteiger partial charge >= 0.3 is 12.6 Å². The highest BCUT2D eigenvalue weighted by Crippen LogP contribution is 2.24. The van der Waals surface area contributed by atoms with Gasteiger partial charge in [0.05, 0.1) is 24.3 Å². The van der Waals surface area contributed by atoms with Crippen molar-refractivity contribution in [2.75, 3.05) is 6.61 Å². The molecule has 0 aromatic heterocycles. The molecule has 0 saturated heterocycles. The van der Waals surface area contributed by atoms with Crippen molar-refractivity contribution < 1.29 is 28.2 Å². The Morgan fingerprint density at radius 2 is 2.21 bits per heavy atom. The van der Waals surface area contributed by atoms with Crippen molar-refractivity contribution in [2.24, 2.45) is 0 Å². The van der Waals surface area contributed by atoms with Crippen LogP contribution in [-0.2, 0) is 11.3 Å². The van der Waals surface area contributed by atoms with E-state index in [2.05, 4.69) is 4.74 Å². The van der Waals surface area contributed by atoms with Gasteiger partial charge in [0, 0.05) is 0 Å². The van der Waals surface area contributed by atoms with Crippen molar-refractivity contribution in [3.05, 3.63) is 28.8 Å². The van der Waals surface area contributed by atoms with Gasteiger partial charge in [-0.1, -0.05) is 0 Å². The molecule has 0 heterocycles. The average molecular weight is 271 g/mol. The molecule has 1 aromatic carbocycles. The normalized spacial score (nSPS) is 10.1. The summed E-state index contributed by atoms with van der Waals surface area (Å²) in [7, 11) is 0. The molecule has 0 radical (unpaired) electrons. The zero-order valence-corrected chi connectivity index (χ0v) is 10.0. The molecule has 0 saturated carbocycles. The Morgan fingerprint density at radius 1 is 1.53 bits per heavy atom. The first-order valence-corrected chi connectivity index (χ1v) is 5.33. The van der Waals surface area contributed by atoms with Crippen molar-refractivity contribution in [1.82, 2.24) is 0 Å². The van der Waals surface area contributed by atoms with Crippen molar-refractivity contribution in [1.29, 1.82) is 5.26 Å². The molecule has 0 spiro atoms. The lowest BCUT2D eigenvalue weighted by Gasteiger charge is -2.11. The second-order valence-electron chi connectivity index (χ2n) is 3.37. The molecule has 7 heteroatoms. The number of hydrogen-bond donors (Lipinski definition) is 1. The Morgan fingerprint density at radius 3 is 2.68 bits per heavy atom. The zero-order chi connectivity index (χ0) is 14.4. The van der Waals surface area contributed by atoms with Crippen LogP contribution in [0, 0.1) is 11.3 Å². The SMILES string of the molecule is CCOC(=O)c1cc(OC(F)F)cc(CO)c1C#N. The van der Waals surface area contributed by atoms with Crippen molar-refractivity contribution in [3.8, 4) is 11.8 Å². The Kier molecular flexibility index (Phi) is 5.21. The highest BCUT2D eigenvalue weighted by molar-refractivity contribution is 5.93. The second kappa shape index (κ2) is 6.66. The molecule has 0 amide bonds. The number of rotatable bonds is 5. The smallest absolute Gasteiger partial charge is 0.387 e. The molecule has 0 aliphatic heterocycles. The van der Waals surface area contributed by atoms with Gasteiger partial charge in [0.15, 0.2) is 0 Å². The molecule has 0 unspecified atom stereocenters. The maximum Gasteiger partial charge on any atom is 0.387 e. The van der Waals surface area contributed by atoms with Gasteiger partial charge in [-0.15, -0.1) is 0 Å². The summed E-state index contributed by atoms with van der Waals surface area (Å²) >= 11 is 0. The number of aliphatic hydroxyl groups is 1. The van der Waals surface area contributed by atoms with E-state index >= 15 is 0 Å². The van der Waals surface area contributed by atoms with Crippen molar-refractivity contribution in [3.63, 3.8) is 0 Å². The number of benzene rings is 1. The van der Waals surface area contributed by atoms with Crippen molar-refractivity contribution >= 4 is 5.97 Å². The lowest BCUT2D eigenvalue weighted by molar-refractivity contribution is -0.0500. The molecule has 0 aliphatic rings. The molecular weight excluding hydrogens is 260 g/mol. The molecule has 1 N–H and O–H groups in total. The maximum absolute atomic E-state index is 12.2. The standard InChI is InChI=1S/C12H11F2NO4/c1-2-18-11(17)9-4-8(19-12(13)14)3-7(6-16)10(9)5-15/h3-4,12,16H,2,6H2,1H3. The van der Waals surface area contributed by atoms with Gasteiger partial charge in [0.25, 0.3) is 0 Å². The van der Waals surface area contributed by atoms with Crippen LogP contribution in [0.4, 0.5) is 8.78 Å². The molecule has 19 heavy (non-hydrogen) atoms. The molecule has 0 fully saturated rings. The van der Waals surface area contributed by atoms with Crippen LogP contribution in [-0.4, -0.2) is 24.3 Å². The van der Waals surface area contributed by atoms with Crippen LogP contribution < -0.4 is 4.74 Å². The van der Waals surface area contributed by atoms with Gasteiger partial charge in [-0.25, -0.2) is 4.79 Å². The molecule has 102 valence electrons. The monoisotopic (exact) mass is 271 g/mol. The number of aliphatic hydroxyl groups excluding tert-OH is 1. The summed E-state index contributed by atoms with van der Waals surface area (Å²) in [6.45, 7) is -2.03. The average Bonchev–Trinajstić information content (AvgIpc) is 2.37. The third-order valence-electron chi connectivity index (χ3n) is 2.20. The lowest BCUT2D eigenvalue weighted by Crippen LogP contribution is -2.11. The number of ether oxygens (including phenoxy) is 2. The fourth-order valence-electron chi connectivity index (χ4n) is 1.47. The number of carbonyl (C=O) groups is 1. The number of alkyl halides is 2. The number of nitriles is 1. The summed E-state index contributed by atoms with van der Waals surface area (Å²) < 4.78 is 33.2. The predicted molar refractivity (Wildman–Crippen MR) is 59.7 cm³/mol. The summed E-state index contributed by atoms with van der Waals surface area (Å²) in [5.74, 6) is -1.16. The zero-order valence-electron chi connectivity index (χ0n) is 10.0. The topological polar surface area (TPSA) is 79.6 Å². The first kappa shape index (κ1) is 14.9. The highest BCUT2D eigenvalue weighted by Gasteiger charge is 2.19. The third kappa shape index (κ3) is 3.63. The van der Waals surface area contributed by atoms with E-state index in [-0.39, 0.29) is 29.0 Å². The lowest BCUT2D eigenvalue weighted by atomic mass is 10.0. The van der Waals surface area contributed by atoms with E-state index in [4.69, 9.17) is 15.1 Å². The Labute approximate surface area is 108 Å². The molecule has 0 atom stereocenters. The van der Waals surface area contributed by atoms with Crippen LogP contribution in [0.25, 0.3) is 0 Å². The fourth-order valence-corrected chi connectivity index (χ4v) is 1.47. The minimum absolute atomic E-state index is 0.0173. The van der Waals surface area contributed by atoms with E-state index in [0.717, 1.165) is 12.1 Å². The van der Waals surface area contributed by atoms with E-state index in [1.54, 1.807) is 13.0 Å². The first-order chi connectivity index (χ1) is 9.03. The fraction of sp³-hybridized carbons (Fsp3) is 0.333. The van der Waals surface area contributed by atoms with Gasteiger partial charge < -0.3 is 14.6 Å². The highest BCUT2D eigenvalue weighted by atomic mass is 19.3. The largest absolute Gasteiger partial charge is 0.462 e. The molecule has 1 rings (SSSR count). The van der Waals surface area contributed by atoms with E-state index < -0.39 is 19.2 Å². The van der Waals surface area contributed by atoms with Gasteiger partial charge in [0.2, 0.25) is 0 Å². The quantitative estimate of drug-likeness (QED) is 0.826. The number of carbonyl (C=O) groups excluding carboxylic acids is 1. The van der Waals surface area contributed by atoms with Crippen LogP contribution in [0.5, 0.6) is 5.75 Å². The van der Waals surface area contributed by atoms with E-state index in [1.807, 2.05) is 0 Å². The summed E-state index contributed by atoms with van der Waals surface area (Å²) in [4.78, 5) is 11.6. The molecule has 0 bridgehead atoms. The first-order valence-electron chi connectivity index (χ1n) is 5.33. The molecule has 5 nitrogen and oxygen atoms in total. The number of halogens is 2. The number of hydrogen-bond acceptors (Lipinski definition) is 5. The summed E-state index contributed by atoms with van der Waals surface area (Å²) in [6.07, 6.45) is 0. The maximum atomic E-state index is 12.2. The van der Waals surface area contributed by atoms with Crippen LogP contribution in [0.2, 0.25) is 0 Å². The summed E-state index contributed by atoms with van der Waals surface area (Å²) in [6, 6.07) is 3.80. The van der Waals surface area contributed by atoms with Crippen molar-refractivity contribution in [2.45, 2.75) is 20.1 Å². The minimum Gasteiger partial charge on any atom is -0.462 e. The van der Waals surface area contributed by atoms with Gasteiger partial charge in [-0.3, -0.25) is 0 Å². The van der Waals surface area contributed by atoms with Crippen LogP contribution >= 0.6 is 0 Å². The van der Waals surface area contributed by atoms with E-state index in [9.17, 15) is 13.6 Å². The predicted octanol–water partition coefficient (Wildman–Crippen LogP) is 1.83. The summed E-state index contributed by atoms with van der Waals surface area (Å²) in [5.41, 5.74) is -0.321. The Balaban J connectivity index is 3.32. The third-order valence-corrected chi connectivity index (χ3v) is 2.20.